The maximum atomic E-state index is 12.6. The van der Waals surface area contributed by atoms with Crippen molar-refractivity contribution < 1.29 is 17.7 Å². The highest BCUT2D eigenvalue weighted by atomic mass is 19.4. The Hall–Kier alpha value is -3.95. The largest absolute Gasteiger partial charge is 0.471 e. The predicted molar refractivity (Wildman–Crippen MR) is 112 cm³/mol. The van der Waals surface area contributed by atoms with Crippen LogP contribution in [0.2, 0.25) is 0 Å². The van der Waals surface area contributed by atoms with Gasteiger partial charge in [-0.05, 0) is 11.1 Å². The van der Waals surface area contributed by atoms with Crippen LogP contribution in [0.15, 0.2) is 68.7 Å². The van der Waals surface area contributed by atoms with E-state index >= 15 is 0 Å². The molecule has 1 N–H and O–H groups in total. The minimum absolute atomic E-state index is 0.174. The van der Waals surface area contributed by atoms with Gasteiger partial charge in [-0.1, -0.05) is 59.8 Å². The summed E-state index contributed by atoms with van der Waals surface area (Å²) in [6, 6.07) is 15.9. The summed E-state index contributed by atoms with van der Waals surface area (Å²) in [4.78, 5) is 29.2. The van der Waals surface area contributed by atoms with Crippen LogP contribution in [-0.2, 0) is 19.3 Å². The molecule has 0 atom stereocenters. The smallest absolute Gasteiger partial charge is 0.376 e. The average molecular weight is 442 g/mol. The lowest BCUT2D eigenvalue weighted by Crippen LogP contribution is -2.41. The topological polar surface area (TPSA) is 88.3 Å². The molecule has 10 heteroatoms. The molecule has 0 unspecified atom stereocenters. The summed E-state index contributed by atoms with van der Waals surface area (Å²) < 4.78 is 42.1. The number of nitrogens with one attached hydrogen (secondary N) is 1. The normalized spacial score (nSPS) is 11.6. The molecular formula is C22H17F3N4O3. The summed E-state index contributed by atoms with van der Waals surface area (Å²) in [5.41, 5.74) is 1.54. The Kier molecular flexibility index (Phi) is 5.52. The van der Waals surface area contributed by atoms with Crippen LogP contribution in [0.4, 0.5) is 24.5 Å². The van der Waals surface area contributed by atoms with Gasteiger partial charge in [0.05, 0.1) is 0 Å². The summed E-state index contributed by atoms with van der Waals surface area (Å²) in [5.74, 6) is -1.58. The van der Waals surface area contributed by atoms with E-state index in [1.165, 1.54) is 0 Å². The third-order valence-corrected chi connectivity index (χ3v) is 4.88. The van der Waals surface area contributed by atoms with Crippen LogP contribution in [0.5, 0.6) is 0 Å². The first-order valence-electron chi connectivity index (χ1n) is 9.56. The number of hydrogen-bond donors (Lipinski definition) is 1. The van der Waals surface area contributed by atoms with Crippen LogP contribution >= 0.6 is 0 Å². The molecule has 0 saturated carbocycles. The molecule has 0 aliphatic heterocycles. The van der Waals surface area contributed by atoms with E-state index in [0.717, 1.165) is 11.1 Å². The zero-order chi connectivity index (χ0) is 22.9. The number of anilines is 2. The molecule has 0 amide bonds. The van der Waals surface area contributed by atoms with Gasteiger partial charge < -0.3 is 14.7 Å². The van der Waals surface area contributed by atoms with Crippen LogP contribution in [0.3, 0.4) is 0 Å². The quantitative estimate of drug-likeness (QED) is 0.438. The third kappa shape index (κ3) is 4.25. The molecule has 0 saturated heterocycles. The number of rotatable bonds is 7. The minimum Gasteiger partial charge on any atom is -0.376 e. The van der Waals surface area contributed by atoms with E-state index in [1.807, 2.05) is 30.3 Å². The van der Waals surface area contributed by atoms with Crippen molar-refractivity contribution in [2.45, 2.75) is 19.3 Å². The molecule has 164 valence electrons. The Morgan fingerprint density at radius 1 is 0.969 bits per heavy atom. The fourth-order valence-electron chi connectivity index (χ4n) is 3.26. The van der Waals surface area contributed by atoms with Crippen molar-refractivity contribution in [3.8, 4) is 11.4 Å². The second-order valence-corrected chi connectivity index (χ2v) is 7.19. The maximum absolute atomic E-state index is 12.6. The van der Waals surface area contributed by atoms with Gasteiger partial charge in [0.15, 0.2) is 0 Å². The molecule has 7 nitrogen and oxygen atoms in total. The van der Waals surface area contributed by atoms with E-state index in [-0.39, 0.29) is 11.5 Å². The molecule has 0 bridgehead atoms. The predicted octanol–water partition coefficient (Wildman–Crippen LogP) is 3.60. The molecule has 1 aromatic heterocycles. The molecule has 3 aromatic carbocycles. The lowest BCUT2D eigenvalue weighted by atomic mass is 10.1. The molecule has 0 fully saturated rings. The zero-order valence-corrected chi connectivity index (χ0v) is 16.8. The summed E-state index contributed by atoms with van der Waals surface area (Å²) >= 11 is 0. The molecule has 32 heavy (non-hydrogen) atoms. The van der Waals surface area contributed by atoms with Gasteiger partial charge in [-0.2, -0.15) is 18.2 Å². The minimum atomic E-state index is -4.71. The van der Waals surface area contributed by atoms with Gasteiger partial charge in [0.2, 0.25) is 5.82 Å². The highest BCUT2D eigenvalue weighted by Crippen LogP contribution is 2.29. The molecule has 0 radical (unpaired) electrons. The number of alkyl halides is 3. The average Bonchev–Trinajstić information content (AvgIpc) is 3.28. The van der Waals surface area contributed by atoms with Gasteiger partial charge in [-0.15, -0.1) is 0 Å². The Labute approximate surface area is 179 Å². The van der Waals surface area contributed by atoms with Crippen LogP contribution in [0.1, 0.15) is 17.0 Å². The second-order valence-electron chi connectivity index (χ2n) is 7.19. The molecule has 0 aliphatic carbocycles. The maximum Gasteiger partial charge on any atom is 0.471 e. The summed E-state index contributed by atoms with van der Waals surface area (Å²) in [6.45, 7) is 0.719. The monoisotopic (exact) mass is 442 g/mol. The zero-order valence-electron chi connectivity index (χ0n) is 16.8. The number of aromatic nitrogens is 2. The lowest BCUT2D eigenvalue weighted by Gasteiger charge is -2.23. The fraction of sp³-hybridized carbons (Fsp3) is 0.182. The van der Waals surface area contributed by atoms with Crippen molar-refractivity contribution in [1.82, 2.24) is 10.1 Å². The van der Waals surface area contributed by atoms with Crippen molar-refractivity contribution in [3.63, 3.8) is 0 Å². The van der Waals surface area contributed by atoms with Gasteiger partial charge in [0, 0.05) is 25.7 Å². The summed E-state index contributed by atoms with van der Waals surface area (Å²) in [7, 11) is 1.69. The fourth-order valence-corrected chi connectivity index (χ4v) is 3.26. The Morgan fingerprint density at radius 2 is 1.66 bits per heavy atom. The molecule has 0 spiro atoms. The summed E-state index contributed by atoms with van der Waals surface area (Å²) in [5, 5.41) is 6.38. The van der Waals surface area contributed by atoms with E-state index in [1.54, 1.807) is 36.2 Å². The summed E-state index contributed by atoms with van der Waals surface area (Å²) in [6.07, 6.45) is -4.71. The van der Waals surface area contributed by atoms with Gasteiger partial charge in [0.25, 0.3) is 10.9 Å². The first-order valence-corrected chi connectivity index (χ1v) is 9.56. The Bertz CT molecular complexity index is 1290. The van der Waals surface area contributed by atoms with E-state index in [4.69, 9.17) is 0 Å². The van der Waals surface area contributed by atoms with Crippen molar-refractivity contribution in [2.75, 3.05) is 17.3 Å². The van der Waals surface area contributed by atoms with Crippen LogP contribution in [-0.4, -0.2) is 17.2 Å². The van der Waals surface area contributed by atoms with E-state index in [2.05, 4.69) is 20.0 Å². The molecular weight excluding hydrogens is 425 g/mol. The number of benzene rings is 2. The van der Waals surface area contributed by atoms with E-state index in [9.17, 15) is 22.8 Å². The first kappa shape index (κ1) is 21.3. The number of halogens is 3. The lowest BCUT2D eigenvalue weighted by molar-refractivity contribution is -0.159. The SMILES string of the molecule is CN(Cc1ccc(-c2noc(C(F)(F)F)n2)cc1)c1c(NCc2ccccc2)c(=O)c1=O. The Morgan fingerprint density at radius 3 is 2.28 bits per heavy atom. The number of nitrogens with zero attached hydrogens (tertiary/aromatic N) is 3. The first-order chi connectivity index (χ1) is 15.2. The van der Waals surface area contributed by atoms with Crippen molar-refractivity contribution in [3.05, 3.63) is 92.1 Å². The van der Waals surface area contributed by atoms with Crippen molar-refractivity contribution in [1.29, 1.82) is 0 Å². The molecule has 4 aromatic rings. The standard InChI is InChI=1S/C22H17F3N4O3/c1-29(17-16(18(30)19(17)31)26-11-13-5-3-2-4-6-13)12-14-7-9-15(10-8-14)20-27-21(32-28-20)22(23,24)25/h2-10,26H,11-12H2,1H3. The van der Waals surface area contributed by atoms with Gasteiger partial charge in [0.1, 0.15) is 11.4 Å². The Balaban J connectivity index is 1.45. The highest BCUT2D eigenvalue weighted by Gasteiger charge is 2.38. The van der Waals surface area contributed by atoms with Gasteiger partial charge >= 0.3 is 12.1 Å². The third-order valence-electron chi connectivity index (χ3n) is 4.88. The molecule has 0 aliphatic rings. The van der Waals surface area contributed by atoms with Crippen LogP contribution in [0.25, 0.3) is 11.4 Å². The molecule has 1 heterocycles. The van der Waals surface area contributed by atoms with Crippen LogP contribution in [0, 0.1) is 0 Å². The highest BCUT2D eigenvalue weighted by molar-refractivity contribution is 5.75. The second kappa shape index (κ2) is 8.29. The van der Waals surface area contributed by atoms with Crippen molar-refractivity contribution >= 4 is 11.4 Å². The van der Waals surface area contributed by atoms with Gasteiger partial charge in [-0.25, -0.2) is 0 Å². The van der Waals surface area contributed by atoms with E-state index in [0.29, 0.717) is 24.3 Å². The van der Waals surface area contributed by atoms with Crippen LogP contribution < -0.4 is 21.1 Å². The van der Waals surface area contributed by atoms with Gasteiger partial charge in [-0.3, -0.25) is 9.59 Å². The van der Waals surface area contributed by atoms with E-state index < -0.39 is 22.9 Å². The molecule has 4 rings (SSSR count). The van der Waals surface area contributed by atoms with Crippen molar-refractivity contribution in [2.24, 2.45) is 0 Å². The number of hydrogen-bond acceptors (Lipinski definition) is 7.